The third-order valence-corrected chi connectivity index (χ3v) is 4.79. The van der Waals surface area contributed by atoms with Crippen LogP contribution in [0.15, 0.2) is 42.7 Å². The van der Waals surface area contributed by atoms with Crippen LogP contribution in [0.3, 0.4) is 0 Å². The highest BCUT2D eigenvalue weighted by molar-refractivity contribution is 5.75. The molecule has 1 saturated carbocycles. The monoisotopic (exact) mass is 339 g/mol. The van der Waals surface area contributed by atoms with Crippen LogP contribution in [-0.4, -0.2) is 29.3 Å². The number of nitrogens with one attached hydrogen (secondary N) is 2. The van der Waals surface area contributed by atoms with E-state index in [1.54, 1.807) is 12.4 Å². The Hall–Kier alpha value is -2.40. The number of amides is 2. The Labute approximate surface area is 148 Å². The van der Waals surface area contributed by atoms with Crippen molar-refractivity contribution in [3.05, 3.63) is 65.0 Å². The summed E-state index contributed by atoms with van der Waals surface area (Å²) in [5.74, 6) is 0. The predicted molar refractivity (Wildman–Crippen MR) is 97.3 cm³/mol. The van der Waals surface area contributed by atoms with E-state index in [2.05, 4.69) is 47.7 Å². The van der Waals surface area contributed by atoms with Crippen LogP contribution in [0.25, 0.3) is 0 Å². The maximum atomic E-state index is 12.4. The van der Waals surface area contributed by atoms with Crippen molar-refractivity contribution in [3.8, 4) is 0 Å². The zero-order valence-corrected chi connectivity index (χ0v) is 14.7. The summed E-state index contributed by atoms with van der Waals surface area (Å²) in [4.78, 5) is 16.6. The van der Waals surface area contributed by atoms with Crippen LogP contribution in [0, 0.1) is 19.3 Å². The van der Waals surface area contributed by atoms with E-state index in [4.69, 9.17) is 0 Å². The highest BCUT2D eigenvalue weighted by atomic mass is 16.3. The molecule has 0 bridgehead atoms. The van der Waals surface area contributed by atoms with Gasteiger partial charge in [-0.05, 0) is 43.9 Å². The number of hydrogen-bond acceptors (Lipinski definition) is 3. The Morgan fingerprint density at radius 3 is 2.52 bits per heavy atom. The summed E-state index contributed by atoms with van der Waals surface area (Å²) in [6.45, 7) is 4.72. The summed E-state index contributed by atoms with van der Waals surface area (Å²) < 4.78 is 0. The molecule has 1 fully saturated rings. The Morgan fingerprint density at radius 1 is 1.24 bits per heavy atom. The van der Waals surface area contributed by atoms with Crippen molar-refractivity contribution >= 4 is 6.03 Å². The van der Waals surface area contributed by atoms with E-state index in [9.17, 15) is 9.90 Å². The minimum atomic E-state index is -0.267. The van der Waals surface area contributed by atoms with Crippen molar-refractivity contribution < 1.29 is 9.90 Å². The molecule has 5 heteroatoms. The maximum absolute atomic E-state index is 12.4. The first-order chi connectivity index (χ1) is 12.0. The smallest absolute Gasteiger partial charge is 0.315 e. The molecule has 0 unspecified atom stereocenters. The minimum absolute atomic E-state index is 0.110. The summed E-state index contributed by atoms with van der Waals surface area (Å²) in [6.07, 6.45) is 5.43. The van der Waals surface area contributed by atoms with Crippen LogP contribution in [0.2, 0.25) is 0 Å². The van der Waals surface area contributed by atoms with E-state index in [1.807, 2.05) is 12.1 Å². The normalized spacial score (nSPS) is 16.1. The fourth-order valence-electron chi connectivity index (χ4n) is 3.10. The lowest BCUT2D eigenvalue weighted by Gasteiger charge is -2.22. The van der Waals surface area contributed by atoms with Gasteiger partial charge in [-0.3, -0.25) is 4.98 Å². The topological polar surface area (TPSA) is 74.2 Å². The second kappa shape index (κ2) is 7.23. The van der Waals surface area contributed by atoms with E-state index in [-0.39, 0.29) is 24.1 Å². The van der Waals surface area contributed by atoms with E-state index in [0.29, 0.717) is 6.54 Å². The minimum Gasteiger partial charge on any atom is -0.396 e. The average Bonchev–Trinajstić information content (AvgIpc) is 3.38. The fraction of sp³-hybridized carbons (Fsp3) is 0.400. The first-order valence-electron chi connectivity index (χ1n) is 8.65. The first kappa shape index (κ1) is 17.4. The van der Waals surface area contributed by atoms with Crippen molar-refractivity contribution in [2.45, 2.75) is 32.7 Å². The van der Waals surface area contributed by atoms with Gasteiger partial charge < -0.3 is 15.7 Å². The van der Waals surface area contributed by atoms with Gasteiger partial charge in [0.05, 0.1) is 12.6 Å². The van der Waals surface area contributed by atoms with Crippen LogP contribution in [0.4, 0.5) is 4.79 Å². The Kier molecular flexibility index (Phi) is 5.04. The van der Waals surface area contributed by atoms with E-state index >= 15 is 0 Å². The Balaban J connectivity index is 1.78. The molecule has 1 aromatic heterocycles. The predicted octanol–water partition coefficient (Wildman–Crippen LogP) is 2.86. The zero-order valence-electron chi connectivity index (χ0n) is 14.7. The summed E-state index contributed by atoms with van der Waals surface area (Å²) in [7, 11) is 0. The van der Waals surface area contributed by atoms with Crippen molar-refractivity contribution in [1.82, 2.24) is 15.6 Å². The Morgan fingerprint density at radius 2 is 1.96 bits per heavy atom. The number of aliphatic hydroxyl groups excluding tert-OH is 1. The van der Waals surface area contributed by atoms with E-state index in [0.717, 1.165) is 35.1 Å². The summed E-state index contributed by atoms with van der Waals surface area (Å²) in [6, 6.07) is 9.62. The first-order valence-corrected chi connectivity index (χ1v) is 8.65. The van der Waals surface area contributed by atoms with Gasteiger partial charge in [-0.25, -0.2) is 4.79 Å². The second-order valence-corrected chi connectivity index (χ2v) is 7.13. The molecule has 3 N–H and O–H groups in total. The standard InChI is InChI=1S/C20H25N3O2/c1-14-8-15(2)10-17(9-14)18(16-4-3-7-21-11-16)23-19(25)22-12-20(13-24)5-6-20/h3-4,7-11,18,24H,5-6,12-13H2,1-2H3,(H2,22,23,25)/t18-/m0/s1. The van der Waals surface area contributed by atoms with Gasteiger partial charge in [-0.1, -0.05) is 35.4 Å². The number of nitrogens with zero attached hydrogens (tertiary/aromatic N) is 1. The van der Waals surface area contributed by atoms with Crippen molar-refractivity contribution in [1.29, 1.82) is 0 Å². The third kappa shape index (κ3) is 4.37. The number of rotatable bonds is 6. The molecule has 1 aromatic carbocycles. The van der Waals surface area contributed by atoms with E-state index in [1.165, 1.54) is 0 Å². The van der Waals surface area contributed by atoms with Crippen molar-refractivity contribution in [3.63, 3.8) is 0 Å². The van der Waals surface area contributed by atoms with Crippen LogP contribution < -0.4 is 10.6 Å². The van der Waals surface area contributed by atoms with E-state index < -0.39 is 0 Å². The van der Waals surface area contributed by atoms with Crippen LogP contribution >= 0.6 is 0 Å². The van der Waals surface area contributed by atoms with Crippen LogP contribution in [0.5, 0.6) is 0 Å². The number of carbonyl (C=O) groups excluding carboxylic acids is 1. The highest BCUT2D eigenvalue weighted by Gasteiger charge is 2.42. The highest BCUT2D eigenvalue weighted by Crippen LogP contribution is 2.44. The molecule has 0 aliphatic heterocycles. The number of pyridine rings is 1. The molecule has 0 saturated heterocycles. The number of aromatic nitrogens is 1. The molecular formula is C20H25N3O2. The van der Waals surface area contributed by atoms with Crippen molar-refractivity contribution in [2.24, 2.45) is 5.41 Å². The van der Waals surface area contributed by atoms with Gasteiger partial charge in [0, 0.05) is 24.4 Å². The number of carbonyl (C=O) groups is 1. The fourth-order valence-corrected chi connectivity index (χ4v) is 3.10. The lowest BCUT2D eigenvalue weighted by molar-refractivity contribution is 0.202. The zero-order chi connectivity index (χ0) is 17.9. The van der Waals surface area contributed by atoms with Gasteiger partial charge in [0.15, 0.2) is 0 Å². The van der Waals surface area contributed by atoms with Gasteiger partial charge in [-0.15, -0.1) is 0 Å². The molecule has 0 spiro atoms. The molecule has 3 rings (SSSR count). The summed E-state index contributed by atoms with van der Waals surface area (Å²) in [5, 5.41) is 15.4. The Bertz CT molecular complexity index is 722. The quantitative estimate of drug-likeness (QED) is 0.757. The third-order valence-electron chi connectivity index (χ3n) is 4.79. The largest absolute Gasteiger partial charge is 0.396 e. The summed E-state index contributed by atoms with van der Waals surface area (Å²) in [5.41, 5.74) is 4.17. The number of aryl methyl sites for hydroxylation is 2. The number of hydrogen-bond donors (Lipinski definition) is 3. The lowest BCUT2D eigenvalue weighted by Crippen LogP contribution is -2.41. The average molecular weight is 339 g/mol. The molecule has 5 nitrogen and oxygen atoms in total. The molecule has 132 valence electrons. The SMILES string of the molecule is Cc1cc(C)cc([C@@H](NC(=O)NCC2(CO)CC2)c2cccnc2)c1. The molecule has 2 amide bonds. The van der Waals surface area contributed by atoms with Gasteiger partial charge in [0.25, 0.3) is 0 Å². The van der Waals surface area contributed by atoms with Gasteiger partial charge in [-0.2, -0.15) is 0 Å². The molecule has 1 aliphatic rings. The molecule has 2 aromatic rings. The van der Waals surface area contributed by atoms with Gasteiger partial charge in [0.1, 0.15) is 0 Å². The molecular weight excluding hydrogens is 314 g/mol. The maximum Gasteiger partial charge on any atom is 0.315 e. The van der Waals surface area contributed by atoms with Crippen molar-refractivity contribution in [2.75, 3.05) is 13.2 Å². The molecule has 0 radical (unpaired) electrons. The van der Waals surface area contributed by atoms with Gasteiger partial charge in [0.2, 0.25) is 0 Å². The number of aliphatic hydroxyl groups is 1. The number of urea groups is 1. The van der Waals surface area contributed by atoms with Gasteiger partial charge >= 0.3 is 6.03 Å². The van der Waals surface area contributed by atoms with Crippen LogP contribution in [0.1, 0.15) is 41.1 Å². The van der Waals surface area contributed by atoms with Crippen LogP contribution in [-0.2, 0) is 0 Å². The number of benzene rings is 1. The summed E-state index contributed by atoms with van der Waals surface area (Å²) >= 11 is 0. The molecule has 25 heavy (non-hydrogen) atoms. The second-order valence-electron chi connectivity index (χ2n) is 7.13. The molecule has 1 atom stereocenters. The molecule has 1 aliphatic carbocycles. The lowest BCUT2D eigenvalue weighted by atomic mass is 9.97. The molecule has 1 heterocycles.